The van der Waals surface area contributed by atoms with Gasteiger partial charge < -0.3 is 10.6 Å². The summed E-state index contributed by atoms with van der Waals surface area (Å²) in [6, 6.07) is 12.1. The van der Waals surface area contributed by atoms with Crippen LogP contribution in [-0.4, -0.2) is 41.6 Å². The van der Waals surface area contributed by atoms with Crippen molar-refractivity contribution in [1.29, 1.82) is 0 Å². The first-order valence-electron chi connectivity index (χ1n) is 9.73. The van der Waals surface area contributed by atoms with Crippen molar-refractivity contribution in [3.8, 4) is 0 Å². The molecule has 2 aliphatic heterocycles. The van der Waals surface area contributed by atoms with Crippen molar-refractivity contribution in [3.63, 3.8) is 0 Å². The fraction of sp³-hybridized carbons (Fsp3) is 0.273. The number of imide groups is 2. The molecule has 1 saturated heterocycles. The number of nitrogens with two attached hydrogens (primary N) is 1. The third-order valence-electron chi connectivity index (χ3n) is 5.54. The first kappa shape index (κ1) is 19.8. The highest BCUT2D eigenvalue weighted by Gasteiger charge is 2.44. The van der Waals surface area contributed by atoms with Crippen LogP contribution >= 0.6 is 0 Å². The monoisotopic (exact) mass is 406 g/mol. The SMILES string of the molecule is CN(Cc1ccc2c(c1)C(=O)N(C1CCC(=O)NC1=O)C2=O)c1ccc(CN)cc1. The number of carbonyl (C=O) groups is 4. The van der Waals surface area contributed by atoms with Gasteiger partial charge in [-0.25, -0.2) is 0 Å². The molecule has 2 heterocycles. The first-order valence-corrected chi connectivity index (χ1v) is 9.73. The van der Waals surface area contributed by atoms with Gasteiger partial charge in [-0.05, 0) is 41.8 Å². The van der Waals surface area contributed by atoms with Gasteiger partial charge in [0.25, 0.3) is 11.8 Å². The Morgan fingerprint density at radius 3 is 2.33 bits per heavy atom. The van der Waals surface area contributed by atoms with Crippen molar-refractivity contribution >= 4 is 29.3 Å². The molecule has 3 N–H and O–H groups in total. The highest BCUT2D eigenvalue weighted by atomic mass is 16.2. The Kier molecular flexibility index (Phi) is 5.09. The number of amides is 4. The van der Waals surface area contributed by atoms with E-state index in [1.165, 1.54) is 0 Å². The molecule has 0 aliphatic carbocycles. The lowest BCUT2D eigenvalue weighted by Crippen LogP contribution is -2.54. The lowest BCUT2D eigenvalue weighted by molar-refractivity contribution is -0.136. The molecule has 0 spiro atoms. The molecule has 8 nitrogen and oxygen atoms in total. The molecule has 2 aromatic carbocycles. The Bertz CT molecular complexity index is 1050. The zero-order valence-electron chi connectivity index (χ0n) is 16.6. The van der Waals surface area contributed by atoms with Gasteiger partial charge in [0, 0.05) is 32.2 Å². The third kappa shape index (κ3) is 3.46. The molecule has 154 valence electrons. The van der Waals surface area contributed by atoms with Crippen molar-refractivity contribution in [2.75, 3.05) is 11.9 Å². The number of hydrogen-bond donors (Lipinski definition) is 2. The second-order valence-corrected chi connectivity index (χ2v) is 7.55. The van der Waals surface area contributed by atoms with E-state index in [0.717, 1.165) is 21.7 Å². The fourth-order valence-corrected chi connectivity index (χ4v) is 3.87. The van der Waals surface area contributed by atoms with Crippen LogP contribution in [0.3, 0.4) is 0 Å². The third-order valence-corrected chi connectivity index (χ3v) is 5.54. The lowest BCUT2D eigenvalue weighted by Gasteiger charge is -2.27. The lowest BCUT2D eigenvalue weighted by atomic mass is 10.0. The molecule has 0 aromatic heterocycles. The van der Waals surface area contributed by atoms with Crippen molar-refractivity contribution in [1.82, 2.24) is 10.2 Å². The Morgan fingerprint density at radius 2 is 1.67 bits per heavy atom. The van der Waals surface area contributed by atoms with Crippen molar-refractivity contribution < 1.29 is 19.2 Å². The van der Waals surface area contributed by atoms with Gasteiger partial charge in [0.05, 0.1) is 11.1 Å². The van der Waals surface area contributed by atoms with Crippen LogP contribution in [0.1, 0.15) is 44.7 Å². The molecular formula is C22H22N4O4. The molecule has 1 unspecified atom stereocenters. The summed E-state index contributed by atoms with van der Waals surface area (Å²) in [6.07, 6.45) is 0.243. The highest BCUT2D eigenvalue weighted by molar-refractivity contribution is 6.23. The Balaban J connectivity index is 1.54. The molecule has 1 fully saturated rings. The number of piperidine rings is 1. The Labute approximate surface area is 173 Å². The molecule has 0 radical (unpaired) electrons. The topological polar surface area (TPSA) is 113 Å². The second kappa shape index (κ2) is 7.72. The Morgan fingerprint density at radius 1 is 1.00 bits per heavy atom. The van der Waals surface area contributed by atoms with Crippen LogP contribution < -0.4 is 16.0 Å². The van der Waals surface area contributed by atoms with Gasteiger partial charge in [-0.2, -0.15) is 0 Å². The van der Waals surface area contributed by atoms with Crippen molar-refractivity contribution in [2.24, 2.45) is 5.73 Å². The summed E-state index contributed by atoms with van der Waals surface area (Å²) < 4.78 is 0. The van der Waals surface area contributed by atoms with Crippen LogP contribution in [0.2, 0.25) is 0 Å². The van der Waals surface area contributed by atoms with Gasteiger partial charge in [-0.3, -0.25) is 29.4 Å². The minimum absolute atomic E-state index is 0.100. The number of carbonyl (C=O) groups excluding carboxylic acids is 4. The molecule has 1 atom stereocenters. The fourth-order valence-electron chi connectivity index (χ4n) is 3.87. The maximum Gasteiger partial charge on any atom is 0.262 e. The van der Waals surface area contributed by atoms with E-state index in [1.54, 1.807) is 12.1 Å². The van der Waals surface area contributed by atoms with E-state index in [9.17, 15) is 19.2 Å². The Hall–Kier alpha value is -3.52. The van der Waals surface area contributed by atoms with Gasteiger partial charge >= 0.3 is 0 Å². The van der Waals surface area contributed by atoms with Crippen LogP contribution in [0.5, 0.6) is 0 Å². The minimum Gasteiger partial charge on any atom is -0.370 e. The molecule has 2 aliphatic rings. The van der Waals surface area contributed by atoms with Crippen molar-refractivity contribution in [2.45, 2.75) is 32.0 Å². The average Bonchev–Trinajstić information content (AvgIpc) is 2.98. The van der Waals surface area contributed by atoms with E-state index in [4.69, 9.17) is 5.73 Å². The number of anilines is 1. The average molecular weight is 406 g/mol. The summed E-state index contributed by atoms with van der Waals surface area (Å²) in [5, 5.41) is 2.20. The number of nitrogens with one attached hydrogen (secondary N) is 1. The van der Waals surface area contributed by atoms with E-state index in [-0.39, 0.29) is 24.0 Å². The molecular weight excluding hydrogens is 384 g/mol. The minimum atomic E-state index is -0.956. The predicted molar refractivity (Wildman–Crippen MR) is 110 cm³/mol. The van der Waals surface area contributed by atoms with Crippen LogP contribution in [-0.2, 0) is 22.7 Å². The molecule has 8 heteroatoms. The van der Waals surface area contributed by atoms with Crippen LogP contribution in [0.15, 0.2) is 42.5 Å². The smallest absolute Gasteiger partial charge is 0.262 e. The van der Waals surface area contributed by atoms with Gasteiger partial charge in [0.15, 0.2) is 0 Å². The van der Waals surface area contributed by atoms with E-state index in [2.05, 4.69) is 5.32 Å². The zero-order valence-corrected chi connectivity index (χ0v) is 16.6. The first-order chi connectivity index (χ1) is 14.4. The molecule has 4 amide bonds. The normalized spacial score (nSPS) is 18.5. The summed E-state index contributed by atoms with van der Waals surface area (Å²) in [7, 11) is 1.94. The van der Waals surface area contributed by atoms with E-state index < -0.39 is 29.7 Å². The van der Waals surface area contributed by atoms with Crippen LogP contribution in [0, 0.1) is 0 Å². The van der Waals surface area contributed by atoms with E-state index >= 15 is 0 Å². The van der Waals surface area contributed by atoms with Gasteiger partial charge in [0.1, 0.15) is 6.04 Å². The number of hydrogen-bond acceptors (Lipinski definition) is 6. The number of fused-ring (bicyclic) bond motifs is 1. The predicted octanol–water partition coefficient (Wildman–Crippen LogP) is 1.18. The van der Waals surface area contributed by atoms with E-state index in [0.29, 0.717) is 13.1 Å². The van der Waals surface area contributed by atoms with Gasteiger partial charge in [-0.15, -0.1) is 0 Å². The molecule has 0 saturated carbocycles. The summed E-state index contributed by atoms with van der Waals surface area (Å²) >= 11 is 0. The molecule has 30 heavy (non-hydrogen) atoms. The number of rotatable bonds is 5. The standard InChI is InChI=1S/C22H22N4O4/c1-25(15-5-2-13(11-23)3-6-15)12-14-4-7-16-17(10-14)22(30)26(21(16)29)18-8-9-19(27)24-20(18)28/h2-7,10,18H,8-9,11-12,23H2,1H3,(H,24,27,28). The van der Waals surface area contributed by atoms with E-state index in [1.807, 2.05) is 42.3 Å². The maximum absolute atomic E-state index is 12.9. The van der Waals surface area contributed by atoms with Crippen LogP contribution in [0.4, 0.5) is 5.69 Å². The summed E-state index contributed by atoms with van der Waals surface area (Å²) in [5.41, 5.74) is 9.11. The molecule has 4 rings (SSSR count). The largest absolute Gasteiger partial charge is 0.370 e. The maximum atomic E-state index is 12.9. The molecule has 2 aromatic rings. The number of benzene rings is 2. The zero-order chi connectivity index (χ0) is 21.4. The quantitative estimate of drug-likeness (QED) is 0.721. The van der Waals surface area contributed by atoms with Gasteiger partial charge in [-0.1, -0.05) is 18.2 Å². The van der Waals surface area contributed by atoms with Gasteiger partial charge in [0.2, 0.25) is 11.8 Å². The van der Waals surface area contributed by atoms with Crippen molar-refractivity contribution in [3.05, 3.63) is 64.7 Å². The summed E-state index contributed by atoms with van der Waals surface area (Å²) in [6.45, 7) is 1.02. The molecule has 0 bridgehead atoms. The van der Waals surface area contributed by atoms with Crippen LogP contribution in [0.25, 0.3) is 0 Å². The second-order valence-electron chi connectivity index (χ2n) is 7.55. The summed E-state index contributed by atoms with van der Waals surface area (Å²) in [4.78, 5) is 52.2. The highest BCUT2D eigenvalue weighted by Crippen LogP contribution is 2.29. The number of nitrogens with zero attached hydrogens (tertiary/aromatic N) is 2. The summed E-state index contributed by atoms with van der Waals surface area (Å²) in [5.74, 6) is -2.00.